The summed E-state index contributed by atoms with van der Waals surface area (Å²) in [5.74, 6) is -0.187. The third-order valence-corrected chi connectivity index (χ3v) is 2.14. The average Bonchev–Trinajstić information content (AvgIpc) is 2.01. The van der Waals surface area contributed by atoms with Crippen LogP contribution in [0, 0.1) is 0 Å². The Morgan fingerprint density at radius 3 is 2.64 bits per heavy atom. The van der Waals surface area contributed by atoms with E-state index in [4.69, 9.17) is 10.5 Å². The largest absolute Gasteiger partial charge is 0.459 e. The highest BCUT2D eigenvalue weighted by molar-refractivity contribution is 5.76. The molecule has 1 saturated heterocycles. The van der Waals surface area contributed by atoms with Crippen LogP contribution in [0.3, 0.4) is 0 Å². The zero-order valence-corrected chi connectivity index (χ0v) is 9.17. The summed E-state index contributed by atoms with van der Waals surface area (Å²) < 4.78 is 5.27. The normalized spacial score (nSPS) is 28.6. The molecule has 0 amide bonds. The van der Waals surface area contributed by atoms with Gasteiger partial charge in [-0.3, -0.25) is 4.79 Å². The second-order valence-corrected chi connectivity index (χ2v) is 4.82. The van der Waals surface area contributed by atoms with E-state index in [-0.39, 0.29) is 18.1 Å². The van der Waals surface area contributed by atoms with Crippen LogP contribution < -0.4 is 11.1 Å². The predicted molar refractivity (Wildman–Crippen MR) is 54.8 cm³/mol. The van der Waals surface area contributed by atoms with Crippen molar-refractivity contribution in [2.75, 3.05) is 6.54 Å². The number of ether oxygens (including phenoxy) is 1. The molecule has 82 valence electrons. The molecule has 0 radical (unpaired) electrons. The van der Waals surface area contributed by atoms with Crippen molar-refractivity contribution in [3.63, 3.8) is 0 Å². The smallest absolute Gasteiger partial charge is 0.323 e. The molecule has 1 aliphatic rings. The second-order valence-electron chi connectivity index (χ2n) is 4.82. The maximum Gasteiger partial charge on any atom is 0.323 e. The lowest BCUT2D eigenvalue weighted by Crippen LogP contribution is -2.49. The molecule has 0 bridgehead atoms. The van der Waals surface area contributed by atoms with Gasteiger partial charge in [0.05, 0.1) is 0 Å². The molecule has 0 saturated carbocycles. The topological polar surface area (TPSA) is 64.3 Å². The number of hydrogen-bond acceptors (Lipinski definition) is 4. The summed E-state index contributed by atoms with van der Waals surface area (Å²) in [6.07, 6.45) is 1.61. The maximum absolute atomic E-state index is 11.6. The minimum absolute atomic E-state index is 0.119. The first-order chi connectivity index (χ1) is 6.38. The summed E-state index contributed by atoms with van der Waals surface area (Å²) in [6.45, 7) is 6.40. The van der Waals surface area contributed by atoms with Crippen molar-refractivity contribution in [3.05, 3.63) is 0 Å². The Balaban J connectivity index is 2.44. The summed E-state index contributed by atoms with van der Waals surface area (Å²) in [4.78, 5) is 11.6. The first kappa shape index (κ1) is 11.5. The van der Waals surface area contributed by atoms with Crippen LogP contribution in [0.15, 0.2) is 0 Å². The van der Waals surface area contributed by atoms with Gasteiger partial charge in [0, 0.05) is 6.04 Å². The van der Waals surface area contributed by atoms with E-state index < -0.39 is 5.60 Å². The van der Waals surface area contributed by atoms with E-state index in [1.54, 1.807) is 0 Å². The van der Waals surface area contributed by atoms with E-state index in [9.17, 15) is 4.79 Å². The zero-order valence-electron chi connectivity index (χ0n) is 9.17. The first-order valence-corrected chi connectivity index (χ1v) is 5.10. The Morgan fingerprint density at radius 2 is 2.14 bits per heavy atom. The van der Waals surface area contributed by atoms with E-state index in [2.05, 4.69) is 5.32 Å². The van der Waals surface area contributed by atoms with E-state index in [1.807, 2.05) is 20.8 Å². The molecule has 0 aliphatic carbocycles. The van der Waals surface area contributed by atoms with Crippen LogP contribution in [-0.4, -0.2) is 30.2 Å². The lowest BCUT2D eigenvalue weighted by Gasteiger charge is -2.29. The molecular weight excluding hydrogens is 180 g/mol. The minimum atomic E-state index is -0.416. The van der Waals surface area contributed by atoms with Gasteiger partial charge in [-0.1, -0.05) is 0 Å². The highest BCUT2D eigenvalue weighted by Crippen LogP contribution is 2.13. The Labute approximate surface area is 85.2 Å². The number of nitrogens with one attached hydrogen (secondary N) is 1. The molecule has 1 rings (SSSR count). The summed E-state index contributed by atoms with van der Waals surface area (Å²) in [5, 5.41) is 3.12. The van der Waals surface area contributed by atoms with Crippen LogP contribution in [0.25, 0.3) is 0 Å². The van der Waals surface area contributed by atoms with Gasteiger partial charge in [0.15, 0.2) is 0 Å². The van der Waals surface area contributed by atoms with Gasteiger partial charge in [-0.05, 0) is 40.2 Å². The van der Waals surface area contributed by atoms with Crippen molar-refractivity contribution in [3.8, 4) is 0 Å². The number of nitrogens with two attached hydrogens (primary N) is 1. The minimum Gasteiger partial charge on any atom is -0.459 e. The molecule has 4 heteroatoms. The Bertz CT molecular complexity index is 211. The molecule has 1 fully saturated rings. The van der Waals surface area contributed by atoms with Crippen molar-refractivity contribution in [1.82, 2.24) is 5.32 Å². The summed E-state index contributed by atoms with van der Waals surface area (Å²) in [7, 11) is 0. The molecule has 0 unspecified atom stereocenters. The van der Waals surface area contributed by atoms with Crippen molar-refractivity contribution >= 4 is 5.97 Å². The third kappa shape index (κ3) is 3.64. The van der Waals surface area contributed by atoms with Gasteiger partial charge in [0.1, 0.15) is 11.6 Å². The number of rotatable bonds is 1. The molecule has 0 aromatic rings. The standard InChI is InChI=1S/C10H20N2O2/c1-10(2,3)14-9(13)8-6-7(11)4-5-12-8/h7-8,12H,4-6,11H2,1-3H3/t7-,8-/m0/s1. The number of hydrogen-bond donors (Lipinski definition) is 2. The lowest BCUT2D eigenvalue weighted by atomic mass is 10.0. The first-order valence-electron chi connectivity index (χ1n) is 5.10. The monoisotopic (exact) mass is 200 g/mol. The maximum atomic E-state index is 11.6. The number of piperidine rings is 1. The molecule has 1 heterocycles. The van der Waals surface area contributed by atoms with Crippen LogP contribution in [0.1, 0.15) is 33.6 Å². The van der Waals surface area contributed by atoms with Crippen LogP contribution in [0.2, 0.25) is 0 Å². The van der Waals surface area contributed by atoms with Crippen molar-refractivity contribution in [2.24, 2.45) is 5.73 Å². The van der Waals surface area contributed by atoms with E-state index >= 15 is 0 Å². The quantitative estimate of drug-likeness (QED) is 0.602. The average molecular weight is 200 g/mol. The van der Waals surface area contributed by atoms with Crippen LogP contribution in [0.5, 0.6) is 0 Å². The fourth-order valence-corrected chi connectivity index (χ4v) is 1.50. The van der Waals surface area contributed by atoms with Gasteiger partial charge in [-0.25, -0.2) is 0 Å². The van der Waals surface area contributed by atoms with Gasteiger partial charge in [-0.15, -0.1) is 0 Å². The molecule has 14 heavy (non-hydrogen) atoms. The third-order valence-electron chi connectivity index (χ3n) is 2.14. The van der Waals surface area contributed by atoms with E-state index in [0.717, 1.165) is 13.0 Å². The van der Waals surface area contributed by atoms with Crippen LogP contribution >= 0.6 is 0 Å². The lowest BCUT2D eigenvalue weighted by molar-refractivity contribution is -0.158. The van der Waals surface area contributed by atoms with Gasteiger partial charge < -0.3 is 15.8 Å². The molecule has 2 atom stereocenters. The number of carbonyl (C=O) groups is 1. The summed E-state index contributed by atoms with van der Waals surface area (Å²) in [6, 6.07) is -0.105. The predicted octanol–water partition coefficient (Wildman–Crippen LogP) is 0.407. The zero-order chi connectivity index (χ0) is 10.8. The van der Waals surface area contributed by atoms with Crippen LogP contribution in [-0.2, 0) is 9.53 Å². The highest BCUT2D eigenvalue weighted by Gasteiger charge is 2.28. The number of carbonyl (C=O) groups excluding carboxylic acids is 1. The van der Waals surface area contributed by atoms with Gasteiger partial charge in [0.25, 0.3) is 0 Å². The second kappa shape index (κ2) is 4.28. The molecular formula is C10H20N2O2. The SMILES string of the molecule is CC(C)(C)OC(=O)[C@@H]1C[C@@H](N)CCN1. The van der Waals surface area contributed by atoms with Crippen molar-refractivity contribution < 1.29 is 9.53 Å². The fourth-order valence-electron chi connectivity index (χ4n) is 1.50. The highest BCUT2D eigenvalue weighted by atomic mass is 16.6. The Morgan fingerprint density at radius 1 is 1.50 bits per heavy atom. The van der Waals surface area contributed by atoms with E-state index in [0.29, 0.717) is 6.42 Å². The Hall–Kier alpha value is -0.610. The Kier molecular flexibility index (Phi) is 3.50. The summed E-state index contributed by atoms with van der Waals surface area (Å²) >= 11 is 0. The molecule has 0 spiro atoms. The summed E-state index contributed by atoms with van der Waals surface area (Å²) in [5.41, 5.74) is 5.36. The number of esters is 1. The van der Waals surface area contributed by atoms with Crippen molar-refractivity contribution in [2.45, 2.75) is 51.3 Å². The molecule has 0 aromatic carbocycles. The molecule has 4 nitrogen and oxygen atoms in total. The molecule has 3 N–H and O–H groups in total. The molecule has 0 aromatic heterocycles. The van der Waals surface area contributed by atoms with Gasteiger partial charge in [-0.2, -0.15) is 0 Å². The molecule has 1 aliphatic heterocycles. The van der Waals surface area contributed by atoms with Crippen molar-refractivity contribution in [1.29, 1.82) is 0 Å². The fraction of sp³-hybridized carbons (Fsp3) is 0.900. The van der Waals surface area contributed by atoms with Gasteiger partial charge in [0.2, 0.25) is 0 Å². The van der Waals surface area contributed by atoms with E-state index in [1.165, 1.54) is 0 Å². The van der Waals surface area contributed by atoms with Crippen LogP contribution in [0.4, 0.5) is 0 Å². The van der Waals surface area contributed by atoms with Gasteiger partial charge >= 0.3 is 5.97 Å².